The van der Waals surface area contributed by atoms with Crippen LogP contribution in [0.25, 0.3) is 0 Å². The lowest BCUT2D eigenvalue weighted by Gasteiger charge is -2.04. The molecule has 0 spiro atoms. The van der Waals surface area contributed by atoms with Crippen molar-refractivity contribution in [3.63, 3.8) is 0 Å². The summed E-state index contributed by atoms with van der Waals surface area (Å²) in [5, 5.41) is 19.8. The Labute approximate surface area is 135 Å². The van der Waals surface area contributed by atoms with Crippen LogP contribution in [0.4, 0.5) is 5.69 Å². The third-order valence-corrected chi connectivity index (χ3v) is 3.35. The van der Waals surface area contributed by atoms with Crippen LogP contribution in [0.1, 0.15) is 17.0 Å². The Bertz CT molecular complexity index is 817. The maximum atomic E-state index is 10.6. The number of nitrogens with zero attached hydrogens (tertiary/aromatic N) is 3. The Balaban J connectivity index is 0.00000242. The first-order chi connectivity index (χ1) is 9.93. The summed E-state index contributed by atoms with van der Waals surface area (Å²) in [6.07, 6.45) is 0. The third-order valence-electron chi connectivity index (χ3n) is 2.82. The lowest BCUT2D eigenvalue weighted by atomic mass is 10.2. The number of nitro benzene ring substituents is 1. The van der Waals surface area contributed by atoms with Crippen molar-refractivity contribution in [3.05, 3.63) is 56.1 Å². The molecule has 0 fully saturated rings. The molecular formula is C12H11N5O3S2. The number of thiocarbonyl (C=S) groups is 1. The number of hydrogen-bond acceptors (Lipinski definition) is 5. The Morgan fingerprint density at radius 2 is 2.05 bits per heavy atom. The number of rotatable bonds is 4. The molecule has 22 heavy (non-hydrogen) atoms. The lowest BCUT2D eigenvalue weighted by Crippen LogP contribution is -2.13. The molecule has 1 aromatic heterocycles. The molecular weight excluding hydrogens is 326 g/mol. The maximum absolute atomic E-state index is 10.6. The van der Waals surface area contributed by atoms with Gasteiger partial charge >= 0.3 is 0 Å². The zero-order valence-corrected chi connectivity index (χ0v) is 12.7. The van der Waals surface area contributed by atoms with Gasteiger partial charge in [-0.3, -0.25) is 10.1 Å². The fraction of sp³-hybridized carbons (Fsp3) is 0.0833. The summed E-state index contributed by atoms with van der Waals surface area (Å²) < 4.78 is 1.86. The number of nitrogens with two attached hydrogens (primary N) is 1. The Morgan fingerprint density at radius 1 is 1.45 bits per heavy atom. The van der Waals surface area contributed by atoms with E-state index in [1.807, 2.05) is 6.07 Å². The number of non-ortho nitro benzene ring substituents is 1. The molecule has 10 heteroatoms. The Kier molecular flexibility index (Phi) is 5.47. The summed E-state index contributed by atoms with van der Waals surface area (Å²) in [5.74, 6) is 0. The first-order valence-electron chi connectivity index (χ1n) is 5.70. The largest absolute Gasteiger partial charge is 0.412 e. The Morgan fingerprint density at radius 3 is 2.50 bits per heavy atom. The molecule has 0 bridgehead atoms. The SMILES string of the molecule is N#Cc1c(C(N)=S)[nH]c(=S)n1Cc1ccc([N+](=O)[O-])cc1.O. The monoisotopic (exact) mass is 337 g/mol. The third kappa shape index (κ3) is 3.34. The number of nitro groups is 1. The van der Waals surface area contributed by atoms with Crippen molar-refractivity contribution < 1.29 is 10.4 Å². The van der Waals surface area contributed by atoms with Crippen molar-refractivity contribution >= 4 is 35.1 Å². The second kappa shape index (κ2) is 6.90. The highest BCUT2D eigenvalue weighted by Crippen LogP contribution is 2.15. The van der Waals surface area contributed by atoms with Gasteiger partial charge in [-0.2, -0.15) is 5.26 Å². The first-order valence-corrected chi connectivity index (χ1v) is 6.51. The summed E-state index contributed by atoms with van der Waals surface area (Å²) in [7, 11) is 0. The number of nitriles is 1. The van der Waals surface area contributed by atoms with E-state index in [1.54, 1.807) is 16.7 Å². The minimum atomic E-state index is -0.475. The molecule has 0 radical (unpaired) electrons. The average molecular weight is 337 g/mol. The predicted octanol–water partition coefficient (Wildman–Crippen LogP) is 1.18. The number of aromatic amines is 1. The fourth-order valence-electron chi connectivity index (χ4n) is 1.82. The minimum absolute atomic E-state index is 0. The molecule has 0 aliphatic carbocycles. The van der Waals surface area contributed by atoms with Crippen LogP contribution < -0.4 is 5.73 Å². The molecule has 0 aliphatic heterocycles. The van der Waals surface area contributed by atoms with Crippen LogP contribution in [-0.4, -0.2) is 24.9 Å². The molecule has 1 heterocycles. The molecule has 8 nitrogen and oxygen atoms in total. The van der Waals surface area contributed by atoms with E-state index >= 15 is 0 Å². The van der Waals surface area contributed by atoms with Crippen molar-refractivity contribution in [2.24, 2.45) is 5.73 Å². The van der Waals surface area contributed by atoms with Crippen molar-refractivity contribution in [1.29, 1.82) is 5.26 Å². The number of H-pyrrole nitrogens is 1. The molecule has 0 saturated heterocycles. The van der Waals surface area contributed by atoms with Crippen molar-refractivity contribution in [3.8, 4) is 6.07 Å². The summed E-state index contributed by atoms with van der Waals surface area (Å²) in [4.78, 5) is 13.0. The smallest absolute Gasteiger partial charge is 0.269 e. The number of benzene rings is 1. The highest BCUT2D eigenvalue weighted by molar-refractivity contribution is 7.80. The second-order valence-electron chi connectivity index (χ2n) is 4.14. The highest BCUT2D eigenvalue weighted by atomic mass is 32.1. The van der Waals surface area contributed by atoms with Gasteiger partial charge in [0.1, 0.15) is 22.4 Å². The van der Waals surface area contributed by atoms with Gasteiger partial charge in [-0.05, 0) is 17.8 Å². The molecule has 1 aromatic carbocycles. The quantitative estimate of drug-likeness (QED) is 0.487. The van der Waals surface area contributed by atoms with Crippen LogP contribution >= 0.6 is 24.4 Å². The van der Waals surface area contributed by atoms with E-state index in [1.165, 1.54) is 12.1 Å². The highest BCUT2D eigenvalue weighted by Gasteiger charge is 2.14. The summed E-state index contributed by atoms with van der Waals surface area (Å²) in [6.45, 7) is 0.291. The van der Waals surface area contributed by atoms with Gasteiger partial charge in [0.25, 0.3) is 5.69 Å². The van der Waals surface area contributed by atoms with E-state index in [9.17, 15) is 15.4 Å². The molecule has 114 valence electrons. The van der Waals surface area contributed by atoms with Crippen molar-refractivity contribution in [1.82, 2.24) is 9.55 Å². The molecule has 2 rings (SSSR count). The number of aromatic nitrogens is 2. The summed E-state index contributed by atoms with van der Waals surface area (Å²) in [6, 6.07) is 8.01. The van der Waals surface area contributed by atoms with E-state index in [4.69, 9.17) is 30.2 Å². The van der Waals surface area contributed by atoms with E-state index in [-0.39, 0.29) is 21.8 Å². The van der Waals surface area contributed by atoms with Crippen LogP contribution in [0.2, 0.25) is 0 Å². The van der Waals surface area contributed by atoms with Gasteiger partial charge in [-0.1, -0.05) is 24.4 Å². The van der Waals surface area contributed by atoms with E-state index in [2.05, 4.69) is 4.98 Å². The van der Waals surface area contributed by atoms with Gasteiger partial charge in [0, 0.05) is 12.1 Å². The van der Waals surface area contributed by atoms with Gasteiger partial charge < -0.3 is 20.8 Å². The average Bonchev–Trinajstić information content (AvgIpc) is 2.76. The van der Waals surface area contributed by atoms with Crippen LogP contribution in [0, 0.1) is 26.2 Å². The van der Waals surface area contributed by atoms with Crippen LogP contribution in [0.15, 0.2) is 24.3 Å². The van der Waals surface area contributed by atoms with Gasteiger partial charge in [-0.15, -0.1) is 0 Å². The molecule has 0 unspecified atom stereocenters. The van der Waals surface area contributed by atoms with Gasteiger partial charge in [0.2, 0.25) is 0 Å². The van der Waals surface area contributed by atoms with E-state index in [0.717, 1.165) is 5.56 Å². The number of imidazole rings is 1. The van der Waals surface area contributed by atoms with E-state index in [0.29, 0.717) is 17.0 Å². The zero-order valence-electron chi connectivity index (χ0n) is 11.1. The topological polar surface area (TPSA) is 145 Å². The lowest BCUT2D eigenvalue weighted by molar-refractivity contribution is -0.384. The van der Waals surface area contributed by atoms with Crippen molar-refractivity contribution in [2.75, 3.05) is 0 Å². The minimum Gasteiger partial charge on any atom is -0.412 e. The van der Waals surface area contributed by atoms with Crippen molar-refractivity contribution in [2.45, 2.75) is 6.54 Å². The summed E-state index contributed by atoms with van der Waals surface area (Å²) in [5.41, 5.74) is 6.86. The Hall–Kier alpha value is -2.61. The first kappa shape index (κ1) is 17.4. The normalized spacial score (nSPS) is 9.59. The fourth-order valence-corrected chi connectivity index (χ4v) is 2.23. The predicted molar refractivity (Wildman–Crippen MR) is 86.0 cm³/mol. The molecule has 5 N–H and O–H groups in total. The number of hydrogen-bond donors (Lipinski definition) is 2. The summed E-state index contributed by atoms with van der Waals surface area (Å²) >= 11 is 10.0. The zero-order chi connectivity index (χ0) is 15.6. The molecule has 0 amide bonds. The standard InChI is InChI=1S/C12H9N5O2S2.H2O/c13-5-9-10(11(14)20)15-12(21)16(9)6-7-1-3-8(4-2-7)17(18)19;/h1-4H,6H2,(H2,14,20)(H,15,21);1H2. The van der Waals surface area contributed by atoms with E-state index < -0.39 is 4.92 Å². The molecule has 0 aliphatic rings. The molecule has 0 atom stereocenters. The molecule has 2 aromatic rings. The van der Waals surface area contributed by atoms with Gasteiger partial charge in [0.05, 0.1) is 11.5 Å². The van der Waals surface area contributed by atoms with Crippen LogP contribution in [0.3, 0.4) is 0 Å². The number of nitrogens with one attached hydrogen (secondary N) is 1. The maximum Gasteiger partial charge on any atom is 0.269 e. The van der Waals surface area contributed by atoms with Crippen LogP contribution in [0.5, 0.6) is 0 Å². The van der Waals surface area contributed by atoms with Crippen LogP contribution in [-0.2, 0) is 6.54 Å². The second-order valence-corrected chi connectivity index (χ2v) is 4.97. The van der Waals surface area contributed by atoms with Gasteiger partial charge in [0.15, 0.2) is 4.77 Å². The van der Waals surface area contributed by atoms with Gasteiger partial charge in [-0.25, -0.2) is 0 Å². The molecule has 0 saturated carbocycles.